The number of ether oxygens (including phenoxy) is 1. The number of benzene rings is 1. The summed E-state index contributed by atoms with van der Waals surface area (Å²) in [5.74, 6) is 1.23. The maximum Gasteiger partial charge on any atom is 0.295 e. The fraction of sp³-hybridized carbons (Fsp3) is 0.308. The van der Waals surface area contributed by atoms with Gasteiger partial charge in [-0.3, -0.25) is 9.89 Å². The number of nitrogens with zero attached hydrogens (tertiary/aromatic N) is 2. The minimum Gasteiger partial charge on any atom is -0.495 e. The van der Waals surface area contributed by atoms with E-state index >= 15 is 0 Å². The van der Waals surface area contributed by atoms with Crippen molar-refractivity contribution in [1.82, 2.24) is 15.2 Å². The van der Waals surface area contributed by atoms with Crippen molar-refractivity contribution in [2.24, 2.45) is 0 Å². The van der Waals surface area contributed by atoms with E-state index in [9.17, 15) is 4.79 Å². The van der Waals surface area contributed by atoms with Crippen LogP contribution in [0.4, 0.5) is 5.69 Å². The highest BCUT2D eigenvalue weighted by molar-refractivity contribution is 6.02. The van der Waals surface area contributed by atoms with Crippen LogP contribution in [0.2, 0.25) is 0 Å². The van der Waals surface area contributed by atoms with E-state index in [-0.39, 0.29) is 17.6 Å². The number of hydrogen-bond donors (Lipinski definition) is 2. The van der Waals surface area contributed by atoms with Crippen molar-refractivity contribution in [3.05, 3.63) is 35.9 Å². The van der Waals surface area contributed by atoms with Gasteiger partial charge in [-0.2, -0.15) is 0 Å². The van der Waals surface area contributed by atoms with Crippen LogP contribution in [0.25, 0.3) is 0 Å². The van der Waals surface area contributed by atoms with E-state index in [1.54, 1.807) is 19.2 Å². The molecule has 0 aliphatic rings. The van der Waals surface area contributed by atoms with Gasteiger partial charge in [-0.1, -0.05) is 26.0 Å². The third-order valence-corrected chi connectivity index (χ3v) is 2.61. The lowest BCUT2D eigenvalue weighted by atomic mass is 10.2. The van der Waals surface area contributed by atoms with Crippen molar-refractivity contribution in [2.75, 3.05) is 12.4 Å². The Bertz CT molecular complexity index is 578. The molecule has 1 amide bonds. The van der Waals surface area contributed by atoms with Crippen LogP contribution in [0.1, 0.15) is 36.2 Å². The number of aromatic amines is 1. The zero-order valence-electron chi connectivity index (χ0n) is 11.1. The van der Waals surface area contributed by atoms with Gasteiger partial charge >= 0.3 is 0 Å². The molecule has 0 saturated carbocycles. The molecule has 6 heteroatoms. The molecule has 1 aromatic carbocycles. The lowest BCUT2D eigenvalue weighted by Crippen LogP contribution is -2.14. The number of methoxy groups -OCH3 is 1. The van der Waals surface area contributed by atoms with Gasteiger partial charge in [0.1, 0.15) is 11.6 Å². The molecule has 0 saturated heterocycles. The Kier molecular flexibility index (Phi) is 3.79. The molecule has 0 radical (unpaired) electrons. The Morgan fingerprint density at radius 1 is 1.37 bits per heavy atom. The van der Waals surface area contributed by atoms with Crippen LogP contribution < -0.4 is 10.1 Å². The molecule has 2 rings (SSSR count). The van der Waals surface area contributed by atoms with Crippen molar-refractivity contribution >= 4 is 11.6 Å². The van der Waals surface area contributed by atoms with Gasteiger partial charge in [-0.15, -0.1) is 5.10 Å². The number of rotatable bonds is 4. The summed E-state index contributed by atoms with van der Waals surface area (Å²) in [6.07, 6.45) is 0. The zero-order chi connectivity index (χ0) is 13.8. The van der Waals surface area contributed by atoms with Crippen molar-refractivity contribution in [3.8, 4) is 5.75 Å². The van der Waals surface area contributed by atoms with E-state index in [0.717, 1.165) is 0 Å². The Morgan fingerprint density at radius 2 is 2.11 bits per heavy atom. The molecule has 1 heterocycles. The normalized spacial score (nSPS) is 10.5. The molecule has 0 aliphatic heterocycles. The number of carbonyl (C=O) groups excluding carboxylic acids is 1. The average Bonchev–Trinajstić information content (AvgIpc) is 2.89. The summed E-state index contributed by atoms with van der Waals surface area (Å²) < 4.78 is 5.16. The fourth-order valence-electron chi connectivity index (χ4n) is 1.56. The first-order valence-electron chi connectivity index (χ1n) is 5.98. The number of aromatic nitrogens is 3. The molecular weight excluding hydrogens is 244 g/mol. The van der Waals surface area contributed by atoms with Crippen LogP contribution in [-0.2, 0) is 0 Å². The van der Waals surface area contributed by atoms with E-state index in [4.69, 9.17) is 4.74 Å². The smallest absolute Gasteiger partial charge is 0.295 e. The van der Waals surface area contributed by atoms with Crippen LogP contribution in [-0.4, -0.2) is 28.2 Å². The summed E-state index contributed by atoms with van der Waals surface area (Å²) in [5, 5.41) is 9.37. The Morgan fingerprint density at radius 3 is 2.74 bits per heavy atom. The third kappa shape index (κ3) is 2.90. The first-order chi connectivity index (χ1) is 9.11. The summed E-state index contributed by atoms with van der Waals surface area (Å²) >= 11 is 0. The second-order valence-electron chi connectivity index (χ2n) is 4.35. The lowest BCUT2D eigenvalue weighted by Gasteiger charge is -2.07. The number of nitrogens with one attached hydrogen (secondary N) is 2. The lowest BCUT2D eigenvalue weighted by molar-refractivity contribution is 0.101. The fourth-order valence-corrected chi connectivity index (χ4v) is 1.56. The minimum absolute atomic E-state index is 0.120. The largest absolute Gasteiger partial charge is 0.495 e. The Hall–Kier alpha value is -2.37. The van der Waals surface area contributed by atoms with E-state index in [1.807, 2.05) is 26.0 Å². The van der Waals surface area contributed by atoms with Crippen molar-refractivity contribution in [1.29, 1.82) is 0 Å². The molecule has 100 valence electrons. The van der Waals surface area contributed by atoms with Crippen LogP contribution in [0, 0.1) is 0 Å². The quantitative estimate of drug-likeness (QED) is 0.883. The Balaban J connectivity index is 2.16. The van der Waals surface area contributed by atoms with E-state index in [1.165, 1.54) is 0 Å². The standard InChI is InChI=1S/C13H16N4O2/c1-8(2)11-15-12(17-16-11)13(18)14-9-6-4-5-7-10(9)19-3/h4-8H,1-3H3,(H,14,18)(H,15,16,17). The SMILES string of the molecule is COc1ccccc1NC(=O)c1n[nH]c(C(C)C)n1. The molecule has 0 spiro atoms. The van der Waals surface area contributed by atoms with Crippen LogP contribution >= 0.6 is 0 Å². The predicted molar refractivity (Wildman–Crippen MR) is 71.4 cm³/mol. The average molecular weight is 260 g/mol. The maximum atomic E-state index is 12.0. The Labute approximate surface area is 111 Å². The van der Waals surface area contributed by atoms with E-state index < -0.39 is 0 Å². The van der Waals surface area contributed by atoms with Crippen LogP contribution in [0.3, 0.4) is 0 Å². The van der Waals surface area contributed by atoms with Crippen molar-refractivity contribution in [2.45, 2.75) is 19.8 Å². The number of H-pyrrole nitrogens is 1. The van der Waals surface area contributed by atoms with Gasteiger partial charge in [0, 0.05) is 5.92 Å². The van der Waals surface area contributed by atoms with Gasteiger partial charge in [0.05, 0.1) is 12.8 Å². The number of anilines is 1. The predicted octanol–water partition coefficient (Wildman–Crippen LogP) is 2.19. The molecule has 6 nitrogen and oxygen atoms in total. The number of hydrogen-bond acceptors (Lipinski definition) is 4. The third-order valence-electron chi connectivity index (χ3n) is 2.61. The summed E-state index contributed by atoms with van der Waals surface area (Å²) in [6.45, 7) is 3.95. The highest BCUT2D eigenvalue weighted by Gasteiger charge is 2.15. The highest BCUT2D eigenvalue weighted by atomic mass is 16.5. The second-order valence-corrected chi connectivity index (χ2v) is 4.35. The first kappa shape index (κ1) is 13.1. The second kappa shape index (κ2) is 5.51. The molecular formula is C13H16N4O2. The zero-order valence-corrected chi connectivity index (χ0v) is 11.1. The molecule has 2 N–H and O–H groups in total. The van der Waals surface area contributed by atoms with Crippen LogP contribution in [0.15, 0.2) is 24.3 Å². The van der Waals surface area contributed by atoms with Gasteiger partial charge in [0.2, 0.25) is 5.82 Å². The number of para-hydroxylation sites is 2. The molecule has 0 bridgehead atoms. The van der Waals surface area contributed by atoms with Gasteiger partial charge in [-0.05, 0) is 12.1 Å². The molecule has 0 unspecified atom stereocenters. The van der Waals surface area contributed by atoms with Gasteiger partial charge in [-0.25, -0.2) is 4.98 Å². The summed E-state index contributed by atoms with van der Waals surface area (Å²) in [5.41, 5.74) is 0.589. The minimum atomic E-state index is -0.368. The monoisotopic (exact) mass is 260 g/mol. The highest BCUT2D eigenvalue weighted by Crippen LogP contribution is 2.23. The first-order valence-corrected chi connectivity index (χ1v) is 5.98. The van der Waals surface area contributed by atoms with Gasteiger partial charge in [0.15, 0.2) is 0 Å². The summed E-state index contributed by atoms with van der Waals surface area (Å²) in [7, 11) is 1.55. The molecule has 19 heavy (non-hydrogen) atoms. The van der Waals surface area contributed by atoms with Crippen molar-refractivity contribution < 1.29 is 9.53 Å². The summed E-state index contributed by atoms with van der Waals surface area (Å²) in [4.78, 5) is 16.1. The van der Waals surface area contributed by atoms with Crippen LogP contribution in [0.5, 0.6) is 5.75 Å². The number of amides is 1. The molecule has 0 fully saturated rings. The molecule has 2 aromatic rings. The van der Waals surface area contributed by atoms with E-state index in [0.29, 0.717) is 17.3 Å². The number of carbonyl (C=O) groups is 1. The molecule has 0 aliphatic carbocycles. The molecule has 0 atom stereocenters. The van der Waals surface area contributed by atoms with E-state index in [2.05, 4.69) is 20.5 Å². The van der Waals surface area contributed by atoms with Gasteiger partial charge in [0.25, 0.3) is 5.91 Å². The van der Waals surface area contributed by atoms with Gasteiger partial charge < -0.3 is 10.1 Å². The topological polar surface area (TPSA) is 79.9 Å². The molecule has 1 aromatic heterocycles. The maximum absolute atomic E-state index is 12.0. The van der Waals surface area contributed by atoms with Crippen molar-refractivity contribution in [3.63, 3.8) is 0 Å². The summed E-state index contributed by atoms with van der Waals surface area (Å²) in [6, 6.07) is 7.17.